The van der Waals surface area contributed by atoms with Crippen molar-refractivity contribution in [3.05, 3.63) is 35.9 Å². The summed E-state index contributed by atoms with van der Waals surface area (Å²) in [6, 6.07) is 9.31. The van der Waals surface area contributed by atoms with Gasteiger partial charge < -0.3 is 9.94 Å². The van der Waals surface area contributed by atoms with Crippen molar-refractivity contribution in [2.24, 2.45) is 5.92 Å². The minimum Gasteiger partial charge on any atom is -0.481 e. The molecule has 0 aliphatic carbocycles. The summed E-state index contributed by atoms with van der Waals surface area (Å²) in [6.45, 7) is 0. The zero-order valence-electron chi connectivity index (χ0n) is 13.1. The van der Waals surface area contributed by atoms with Gasteiger partial charge in [-0.15, -0.1) is 5.06 Å². The van der Waals surface area contributed by atoms with E-state index in [-0.39, 0.29) is 19.3 Å². The molecule has 2 amide bonds. The summed E-state index contributed by atoms with van der Waals surface area (Å²) in [5, 5.41) is 9.06. The van der Waals surface area contributed by atoms with Gasteiger partial charge in [0.25, 0.3) is 11.8 Å². The Balaban J connectivity index is 1.83. The van der Waals surface area contributed by atoms with E-state index in [9.17, 15) is 19.2 Å². The van der Waals surface area contributed by atoms with Crippen LogP contribution >= 0.6 is 0 Å². The van der Waals surface area contributed by atoms with Gasteiger partial charge in [-0.3, -0.25) is 14.4 Å². The van der Waals surface area contributed by atoms with Crippen LogP contribution in [0.4, 0.5) is 0 Å². The van der Waals surface area contributed by atoms with Gasteiger partial charge >= 0.3 is 11.9 Å². The summed E-state index contributed by atoms with van der Waals surface area (Å²) < 4.78 is 0. The molecule has 1 aromatic carbocycles. The third-order valence-corrected chi connectivity index (χ3v) is 3.74. The highest BCUT2D eigenvalue weighted by Gasteiger charge is 2.41. The van der Waals surface area contributed by atoms with Crippen molar-refractivity contribution >= 4 is 23.8 Å². The number of rotatable bonds is 8. The average molecular weight is 333 g/mol. The summed E-state index contributed by atoms with van der Waals surface area (Å²) in [7, 11) is 0. The number of hydrogen-bond acceptors (Lipinski definition) is 5. The van der Waals surface area contributed by atoms with Crippen LogP contribution in [0, 0.1) is 5.92 Å². The van der Waals surface area contributed by atoms with E-state index < -0.39 is 29.7 Å². The minimum absolute atomic E-state index is 0.0139. The van der Waals surface area contributed by atoms with Crippen molar-refractivity contribution in [2.45, 2.75) is 38.5 Å². The second kappa shape index (κ2) is 8.24. The van der Waals surface area contributed by atoms with Crippen molar-refractivity contribution < 1.29 is 29.1 Å². The summed E-state index contributed by atoms with van der Waals surface area (Å²) in [6.07, 6.45) is 1.03. The third kappa shape index (κ3) is 4.91. The van der Waals surface area contributed by atoms with Crippen molar-refractivity contribution in [3.63, 3.8) is 0 Å². The topological polar surface area (TPSA) is 101 Å². The Morgan fingerprint density at radius 1 is 1.12 bits per heavy atom. The fourth-order valence-electron chi connectivity index (χ4n) is 2.52. The first-order valence-corrected chi connectivity index (χ1v) is 7.80. The molecule has 0 aromatic heterocycles. The van der Waals surface area contributed by atoms with Crippen LogP contribution in [0.3, 0.4) is 0 Å². The van der Waals surface area contributed by atoms with E-state index in [1.807, 2.05) is 30.3 Å². The molecule has 1 unspecified atom stereocenters. The number of hydrogen-bond donors (Lipinski definition) is 1. The van der Waals surface area contributed by atoms with Gasteiger partial charge in [-0.1, -0.05) is 30.3 Å². The molecule has 1 heterocycles. The Morgan fingerprint density at radius 3 is 2.46 bits per heavy atom. The van der Waals surface area contributed by atoms with Gasteiger partial charge in [0.1, 0.15) is 0 Å². The molecule has 1 fully saturated rings. The standard InChI is InChI=1S/C17H19NO6/c19-14-11-13(10-12-6-2-1-3-7-12)17(23)18(14)24-16(22)9-5-4-8-15(20)21/h1-3,6-7,13H,4-5,8-11H2,(H,20,21). The van der Waals surface area contributed by atoms with Gasteiger partial charge in [0, 0.05) is 19.3 Å². The number of benzene rings is 1. The van der Waals surface area contributed by atoms with Crippen LogP contribution in [-0.4, -0.2) is 33.9 Å². The lowest BCUT2D eigenvalue weighted by Crippen LogP contribution is -2.33. The summed E-state index contributed by atoms with van der Waals surface area (Å²) in [5.41, 5.74) is 0.936. The zero-order chi connectivity index (χ0) is 17.5. The number of hydroxylamine groups is 2. The first kappa shape index (κ1) is 17.7. The van der Waals surface area contributed by atoms with Crippen LogP contribution in [0.1, 0.15) is 37.7 Å². The molecule has 1 aliphatic heterocycles. The van der Waals surface area contributed by atoms with Crippen molar-refractivity contribution in [2.75, 3.05) is 0 Å². The summed E-state index contributed by atoms with van der Waals surface area (Å²) in [5.74, 6) is -3.21. The minimum atomic E-state index is -0.933. The highest BCUT2D eigenvalue weighted by Crippen LogP contribution is 2.24. The summed E-state index contributed by atoms with van der Waals surface area (Å²) in [4.78, 5) is 51.0. The normalized spacial score (nSPS) is 17.2. The number of imide groups is 1. The number of nitrogens with zero attached hydrogens (tertiary/aromatic N) is 1. The number of carbonyl (C=O) groups is 4. The Labute approximate surface area is 139 Å². The SMILES string of the molecule is O=C(O)CCCCC(=O)ON1C(=O)CC(Cc2ccccc2)C1=O. The molecule has 0 spiro atoms. The van der Waals surface area contributed by atoms with Gasteiger partial charge in [0.15, 0.2) is 0 Å². The van der Waals surface area contributed by atoms with Gasteiger partial charge in [0.2, 0.25) is 0 Å². The third-order valence-electron chi connectivity index (χ3n) is 3.74. The van der Waals surface area contributed by atoms with Crippen LogP contribution in [-0.2, 0) is 30.4 Å². The highest BCUT2D eigenvalue weighted by molar-refractivity contribution is 6.03. The molecular formula is C17H19NO6. The molecule has 1 N–H and O–H groups in total. The number of aliphatic carboxylic acids is 1. The molecule has 7 nitrogen and oxygen atoms in total. The lowest BCUT2D eigenvalue weighted by atomic mass is 9.98. The number of unbranched alkanes of at least 4 members (excludes halogenated alkanes) is 1. The Morgan fingerprint density at radius 2 is 1.79 bits per heavy atom. The van der Waals surface area contributed by atoms with Crippen LogP contribution in [0.5, 0.6) is 0 Å². The molecular weight excluding hydrogens is 314 g/mol. The molecule has 0 radical (unpaired) electrons. The van der Waals surface area contributed by atoms with E-state index in [0.717, 1.165) is 5.56 Å². The maximum Gasteiger partial charge on any atom is 0.333 e. The van der Waals surface area contributed by atoms with Crippen molar-refractivity contribution in [1.29, 1.82) is 0 Å². The molecule has 1 saturated heterocycles. The molecule has 0 saturated carbocycles. The monoisotopic (exact) mass is 333 g/mol. The fraction of sp³-hybridized carbons (Fsp3) is 0.412. The largest absolute Gasteiger partial charge is 0.481 e. The van der Waals surface area contributed by atoms with E-state index >= 15 is 0 Å². The van der Waals surface area contributed by atoms with Gasteiger partial charge in [-0.25, -0.2) is 4.79 Å². The predicted molar refractivity (Wildman–Crippen MR) is 82.3 cm³/mol. The van der Waals surface area contributed by atoms with E-state index in [1.54, 1.807) is 0 Å². The maximum absolute atomic E-state index is 12.2. The van der Waals surface area contributed by atoms with Gasteiger partial charge in [-0.2, -0.15) is 0 Å². The number of amides is 2. The average Bonchev–Trinajstić information content (AvgIpc) is 2.80. The quantitative estimate of drug-likeness (QED) is 0.574. The van der Waals surface area contributed by atoms with Crippen LogP contribution < -0.4 is 0 Å². The molecule has 1 atom stereocenters. The molecule has 1 aliphatic rings. The maximum atomic E-state index is 12.2. The molecule has 128 valence electrons. The Hall–Kier alpha value is -2.70. The lowest BCUT2D eigenvalue weighted by molar-refractivity contribution is -0.198. The number of carboxylic acids is 1. The molecule has 0 bridgehead atoms. The Kier molecular flexibility index (Phi) is 6.06. The molecule has 2 rings (SSSR count). The van der Waals surface area contributed by atoms with Crippen molar-refractivity contribution in [3.8, 4) is 0 Å². The molecule has 7 heteroatoms. The fourth-order valence-corrected chi connectivity index (χ4v) is 2.52. The van der Waals surface area contributed by atoms with E-state index in [0.29, 0.717) is 24.3 Å². The van der Waals surface area contributed by atoms with E-state index in [1.165, 1.54) is 0 Å². The van der Waals surface area contributed by atoms with Crippen LogP contribution in [0.15, 0.2) is 30.3 Å². The van der Waals surface area contributed by atoms with Crippen LogP contribution in [0.2, 0.25) is 0 Å². The molecule has 24 heavy (non-hydrogen) atoms. The number of carbonyl (C=O) groups excluding carboxylic acids is 3. The van der Waals surface area contributed by atoms with E-state index in [2.05, 4.69) is 0 Å². The predicted octanol–water partition coefficient (Wildman–Crippen LogP) is 1.71. The molecule has 1 aromatic rings. The second-order valence-corrected chi connectivity index (χ2v) is 5.68. The smallest absolute Gasteiger partial charge is 0.333 e. The Bertz CT molecular complexity index is 627. The van der Waals surface area contributed by atoms with Crippen molar-refractivity contribution in [1.82, 2.24) is 5.06 Å². The van der Waals surface area contributed by atoms with E-state index in [4.69, 9.17) is 9.94 Å². The number of carboxylic acid groups (broad SMARTS) is 1. The second-order valence-electron chi connectivity index (χ2n) is 5.68. The van der Waals surface area contributed by atoms with Gasteiger partial charge in [0.05, 0.1) is 5.92 Å². The van der Waals surface area contributed by atoms with Gasteiger partial charge in [-0.05, 0) is 24.8 Å². The first-order valence-electron chi connectivity index (χ1n) is 7.80. The highest BCUT2D eigenvalue weighted by atomic mass is 16.7. The zero-order valence-corrected chi connectivity index (χ0v) is 13.1. The van der Waals surface area contributed by atoms with Crippen LogP contribution in [0.25, 0.3) is 0 Å². The first-order chi connectivity index (χ1) is 11.5. The summed E-state index contributed by atoms with van der Waals surface area (Å²) >= 11 is 0. The lowest BCUT2D eigenvalue weighted by Gasteiger charge is -2.14.